The molecular formula is C15H15FIN. The second-order valence-electron chi connectivity index (χ2n) is 4.19. The second kappa shape index (κ2) is 6.29. The molecule has 0 saturated carbocycles. The normalized spacial score (nSPS) is 12.4. The van der Waals surface area contributed by atoms with E-state index in [9.17, 15) is 4.39 Å². The Morgan fingerprint density at radius 1 is 1.17 bits per heavy atom. The Morgan fingerprint density at radius 3 is 2.61 bits per heavy atom. The molecule has 0 spiro atoms. The van der Waals surface area contributed by atoms with Gasteiger partial charge in [-0.3, -0.25) is 0 Å². The fourth-order valence-corrected chi connectivity index (χ4v) is 2.56. The third kappa shape index (κ3) is 3.29. The number of halogens is 2. The van der Waals surface area contributed by atoms with E-state index in [1.54, 1.807) is 6.07 Å². The smallest absolute Gasteiger partial charge is 0.126 e. The first-order valence-electron chi connectivity index (χ1n) is 5.87. The molecule has 0 fully saturated rings. The van der Waals surface area contributed by atoms with Crippen LogP contribution in [0.15, 0.2) is 48.5 Å². The molecular weight excluding hydrogens is 340 g/mol. The Hall–Kier alpha value is -0.940. The van der Waals surface area contributed by atoms with E-state index in [4.69, 9.17) is 0 Å². The van der Waals surface area contributed by atoms with Crippen molar-refractivity contribution in [3.05, 3.63) is 69.0 Å². The Balaban J connectivity index is 2.23. The summed E-state index contributed by atoms with van der Waals surface area (Å²) in [6.07, 6.45) is 0.656. The first-order valence-corrected chi connectivity index (χ1v) is 6.94. The lowest BCUT2D eigenvalue weighted by Crippen LogP contribution is -2.19. The molecule has 0 radical (unpaired) electrons. The Bertz CT molecular complexity index is 527. The third-order valence-electron chi connectivity index (χ3n) is 2.98. The number of nitrogens with one attached hydrogen (secondary N) is 1. The lowest BCUT2D eigenvalue weighted by molar-refractivity contribution is 0.554. The van der Waals surface area contributed by atoms with E-state index in [2.05, 4.69) is 46.1 Å². The monoisotopic (exact) mass is 355 g/mol. The first kappa shape index (κ1) is 13.5. The van der Waals surface area contributed by atoms with Gasteiger partial charge in [-0.1, -0.05) is 30.3 Å². The molecule has 0 aliphatic rings. The van der Waals surface area contributed by atoms with Crippen molar-refractivity contribution in [1.82, 2.24) is 5.32 Å². The quantitative estimate of drug-likeness (QED) is 0.820. The number of benzene rings is 2. The van der Waals surface area contributed by atoms with E-state index in [0.717, 1.165) is 5.56 Å². The lowest BCUT2D eigenvalue weighted by Gasteiger charge is -2.17. The van der Waals surface area contributed by atoms with Gasteiger partial charge in [0, 0.05) is 9.61 Å². The summed E-state index contributed by atoms with van der Waals surface area (Å²) in [6.45, 7) is 0. The van der Waals surface area contributed by atoms with Crippen molar-refractivity contribution in [2.24, 2.45) is 0 Å². The largest absolute Gasteiger partial charge is 0.313 e. The minimum absolute atomic E-state index is 0.136. The number of hydrogen-bond donors (Lipinski definition) is 1. The summed E-state index contributed by atoms with van der Waals surface area (Å²) in [5.74, 6) is -0.136. The van der Waals surface area contributed by atoms with Crippen molar-refractivity contribution in [3.8, 4) is 0 Å². The second-order valence-corrected chi connectivity index (χ2v) is 5.44. The molecule has 0 heterocycles. The van der Waals surface area contributed by atoms with Crippen LogP contribution < -0.4 is 5.32 Å². The minimum atomic E-state index is -0.136. The molecule has 2 aromatic rings. The summed E-state index contributed by atoms with van der Waals surface area (Å²) in [5, 5.41) is 3.25. The third-order valence-corrected chi connectivity index (χ3v) is 3.65. The van der Waals surface area contributed by atoms with E-state index < -0.39 is 0 Å². The molecule has 2 rings (SSSR count). The van der Waals surface area contributed by atoms with Crippen LogP contribution >= 0.6 is 22.6 Å². The first-order chi connectivity index (χ1) is 8.70. The fraction of sp³-hybridized carbons (Fsp3) is 0.200. The van der Waals surface area contributed by atoms with Crippen molar-refractivity contribution in [3.63, 3.8) is 0 Å². The van der Waals surface area contributed by atoms with Crippen LogP contribution in [0.5, 0.6) is 0 Å². The van der Waals surface area contributed by atoms with Gasteiger partial charge in [0.25, 0.3) is 0 Å². The highest BCUT2D eigenvalue weighted by molar-refractivity contribution is 14.1. The highest BCUT2D eigenvalue weighted by Gasteiger charge is 2.12. The summed E-state index contributed by atoms with van der Waals surface area (Å²) in [7, 11) is 1.91. The predicted molar refractivity (Wildman–Crippen MR) is 81.1 cm³/mol. The molecule has 94 valence electrons. The maximum atomic E-state index is 13.7. The summed E-state index contributed by atoms with van der Waals surface area (Å²) >= 11 is 2.29. The molecule has 0 aliphatic heterocycles. The number of rotatable bonds is 4. The highest BCUT2D eigenvalue weighted by Crippen LogP contribution is 2.21. The van der Waals surface area contributed by atoms with Gasteiger partial charge in [-0.15, -0.1) is 0 Å². The Labute approximate surface area is 121 Å². The van der Waals surface area contributed by atoms with Crippen molar-refractivity contribution in [1.29, 1.82) is 0 Å². The lowest BCUT2D eigenvalue weighted by atomic mass is 9.99. The van der Waals surface area contributed by atoms with E-state index >= 15 is 0 Å². The van der Waals surface area contributed by atoms with Crippen molar-refractivity contribution < 1.29 is 4.39 Å². The van der Waals surface area contributed by atoms with Crippen LogP contribution in [0.1, 0.15) is 17.2 Å². The summed E-state index contributed by atoms with van der Waals surface area (Å²) in [6, 6.07) is 15.4. The van der Waals surface area contributed by atoms with Crippen LogP contribution in [0.3, 0.4) is 0 Å². The van der Waals surface area contributed by atoms with E-state index in [-0.39, 0.29) is 11.9 Å². The number of hydrogen-bond acceptors (Lipinski definition) is 1. The predicted octanol–water partition coefficient (Wildman–Crippen LogP) is 3.93. The molecule has 2 aromatic carbocycles. The van der Waals surface area contributed by atoms with Gasteiger partial charge in [0.2, 0.25) is 0 Å². The van der Waals surface area contributed by atoms with Crippen molar-refractivity contribution in [2.75, 3.05) is 7.05 Å². The number of likely N-dealkylation sites (N-methyl/N-ethyl adjacent to an activating group) is 1. The van der Waals surface area contributed by atoms with Crippen molar-refractivity contribution >= 4 is 22.6 Å². The summed E-state index contributed by atoms with van der Waals surface area (Å²) in [5.41, 5.74) is 1.93. The van der Waals surface area contributed by atoms with E-state index in [0.29, 0.717) is 6.42 Å². The molecule has 18 heavy (non-hydrogen) atoms. The van der Waals surface area contributed by atoms with Gasteiger partial charge in [0.05, 0.1) is 0 Å². The molecule has 0 aromatic heterocycles. The molecule has 1 atom stereocenters. The molecule has 0 saturated heterocycles. The average Bonchev–Trinajstić information content (AvgIpc) is 2.38. The van der Waals surface area contributed by atoms with Crippen molar-refractivity contribution in [2.45, 2.75) is 12.5 Å². The minimum Gasteiger partial charge on any atom is -0.313 e. The molecule has 1 nitrogen and oxygen atoms in total. The van der Waals surface area contributed by atoms with Gasteiger partial charge < -0.3 is 5.32 Å². The summed E-state index contributed by atoms with van der Waals surface area (Å²) in [4.78, 5) is 0. The fourth-order valence-electron chi connectivity index (χ4n) is 1.99. The Kier molecular flexibility index (Phi) is 4.72. The van der Waals surface area contributed by atoms with Gasteiger partial charge in [-0.25, -0.2) is 4.39 Å². The van der Waals surface area contributed by atoms with Crippen LogP contribution in [0.2, 0.25) is 0 Å². The van der Waals surface area contributed by atoms with Gasteiger partial charge in [0.1, 0.15) is 5.82 Å². The molecule has 1 unspecified atom stereocenters. The van der Waals surface area contributed by atoms with E-state index in [1.807, 2.05) is 25.2 Å². The zero-order chi connectivity index (χ0) is 13.0. The molecule has 3 heteroatoms. The molecule has 0 aliphatic carbocycles. The van der Waals surface area contributed by atoms with Crippen LogP contribution in [0.4, 0.5) is 4.39 Å². The topological polar surface area (TPSA) is 12.0 Å². The zero-order valence-electron chi connectivity index (χ0n) is 10.2. The maximum absolute atomic E-state index is 13.7. The van der Waals surface area contributed by atoms with Crippen LogP contribution in [-0.2, 0) is 6.42 Å². The van der Waals surface area contributed by atoms with E-state index in [1.165, 1.54) is 15.2 Å². The van der Waals surface area contributed by atoms with Crippen LogP contribution in [0, 0.1) is 9.39 Å². The van der Waals surface area contributed by atoms with Gasteiger partial charge in [-0.05, 0) is 65.4 Å². The average molecular weight is 355 g/mol. The standard InChI is InChI=1S/C15H15FIN/c1-18-15(12-6-4-7-13(17)9-12)10-11-5-2-3-8-14(11)16/h2-9,15,18H,10H2,1H3. The molecule has 1 N–H and O–H groups in total. The van der Waals surface area contributed by atoms with Gasteiger partial charge in [0.15, 0.2) is 0 Å². The van der Waals surface area contributed by atoms with Gasteiger partial charge in [-0.2, -0.15) is 0 Å². The van der Waals surface area contributed by atoms with Crippen LogP contribution in [0.25, 0.3) is 0 Å². The van der Waals surface area contributed by atoms with Gasteiger partial charge >= 0.3 is 0 Å². The zero-order valence-corrected chi connectivity index (χ0v) is 12.3. The highest BCUT2D eigenvalue weighted by atomic mass is 127. The Morgan fingerprint density at radius 2 is 1.94 bits per heavy atom. The maximum Gasteiger partial charge on any atom is 0.126 e. The van der Waals surface area contributed by atoms with Crippen LogP contribution in [-0.4, -0.2) is 7.05 Å². The SMILES string of the molecule is CNC(Cc1ccccc1F)c1cccc(I)c1. The summed E-state index contributed by atoms with van der Waals surface area (Å²) < 4.78 is 14.8. The molecule has 0 bridgehead atoms. The molecule has 0 amide bonds.